The molecule has 0 amide bonds. The third-order valence-electron chi connectivity index (χ3n) is 2.65. The minimum atomic E-state index is -1.29. The lowest BCUT2D eigenvalue weighted by atomic mass is 10.2. The van der Waals surface area contributed by atoms with E-state index < -0.39 is 11.5 Å². The van der Waals surface area contributed by atoms with Crippen LogP contribution in [0.5, 0.6) is 5.75 Å². The van der Waals surface area contributed by atoms with E-state index in [1.165, 1.54) is 0 Å². The second-order valence-corrected chi connectivity index (χ2v) is 4.78. The molecule has 0 fully saturated rings. The van der Waals surface area contributed by atoms with Gasteiger partial charge >= 0.3 is 5.97 Å². The number of rotatable bonds is 2. The van der Waals surface area contributed by atoms with Crippen LogP contribution in [-0.4, -0.2) is 20.7 Å². The van der Waals surface area contributed by atoms with E-state index in [4.69, 9.17) is 5.11 Å². The largest absolute Gasteiger partial charge is 0.508 e. The quantitative estimate of drug-likeness (QED) is 0.888. The molecule has 2 N–H and O–H groups in total. The number of aryl methyl sites for hydroxylation is 1. The monoisotopic (exact) mass is 323 g/mol. The standard InChI is InChI=1S/C13H10BrNO4/c1-7-3-2-4-9(12(7)14)15-10(13(18)19)5-8(16)6-11(15)17/h2-6,16H,1H3,(H,18,19). The van der Waals surface area contributed by atoms with E-state index in [1.54, 1.807) is 12.1 Å². The molecule has 5 nitrogen and oxygen atoms in total. The number of hydrogen-bond donors (Lipinski definition) is 2. The predicted molar refractivity (Wildman–Crippen MR) is 73.1 cm³/mol. The number of aromatic nitrogens is 1. The Morgan fingerprint density at radius 2 is 2.00 bits per heavy atom. The summed E-state index contributed by atoms with van der Waals surface area (Å²) in [6.07, 6.45) is 0. The highest BCUT2D eigenvalue weighted by molar-refractivity contribution is 9.10. The van der Waals surface area contributed by atoms with E-state index >= 15 is 0 Å². The van der Waals surface area contributed by atoms with Crippen LogP contribution >= 0.6 is 15.9 Å². The van der Waals surface area contributed by atoms with Crippen LogP contribution in [0.25, 0.3) is 5.69 Å². The summed E-state index contributed by atoms with van der Waals surface area (Å²) in [5, 5.41) is 18.5. The van der Waals surface area contributed by atoms with Crippen molar-refractivity contribution in [2.45, 2.75) is 6.92 Å². The lowest BCUT2D eigenvalue weighted by molar-refractivity contribution is 0.0686. The fourth-order valence-corrected chi connectivity index (χ4v) is 2.21. The summed E-state index contributed by atoms with van der Waals surface area (Å²) in [4.78, 5) is 23.2. The highest BCUT2D eigenvalue weighted by Gasteiger charge is 2.16. The number of halogens is 1. The number of benzene rings is 1. The van der Waals surface area contributed by atoms with Gasteiger partial charge in [0.05, 0.1) is 5.69 Å². The van der Waals surface area contributed by atoms with Crippen molar-refractivity contribution >= 4 is 21.9 Å². The summed E-state index contributed by atoms with van der Waals surface area (Å²) in [6, 6.07) is 7.20. The number of carboxylic acids is 1. The molecule has 2 aromatic rings. The molecule has 0 bridgehead atoms. The van der Waals surface area contributed by atoms with Gasteiger partial charge in [0.15, 0.2) is 0 Å². The van der Waals surface area contributed by atoms with Crippen LogP contribution in [0.4, 0.5) is 0 Å². The van der Waals surface area contributed by atoms with Gasteiger partial charge in [-0.3, -0.25) is 9.36 Å². The first-order valence-electron chi connectivity index (χ1n) is 5.36. The van der Waals surface area contributed by atoms with E-state index in [2.05, 4.69) is 15.9 Å². The molecule has 2 rings (SSSR count). The molecule has 1 heterocycles. The minimum Gasteiger partial charge on any atom is -0.508 e. The van der Waals surface area contributed by atoms with Crippen molar-refractivity contribution in [3.63, 3.8) is 0 Å². The van der Waals surface area contributed by atoms with Gasteiger partial charge < -0.3 is 10.2 Å². The molecule has 0 aliphatic heterocycles. The zero-order chi connectivity index (χ0) is 14.2. The first kappa shape index (κ1) is 13.4. The third kappa shape index (κ3) is 2.39. The fourth-order valence-electron chi connectivity index (χ4n) is 1.77. The Morgan fingerprint density at radius 3 is 2.63 bits per heavy atom. The van der Waals surface area contributed by atoms with Crippen LogP contribution in [0.1, 0.15) is 16.1 Å². The summed E-state index contributed by atoms with van der Waals surface area (Å²) in [7, 11) is 0. The maximum absolute atomic E-state index is 11.9. The zero-order valence-corrected chi connectivity index (χ0v) is 11.5. The minimum absolute atomic E-state index is 0.295. The predicted octanol–water partition coefficient (Wildman–Crippen LogP) is 2.31. The molecule has 98 valence electrons. The average Bonchev–Trinajstić information content (AvgIpc) is 2.32. The number of nitrogens with zero attached hydrogens (tertiary/aromatic N) is 1. The second-order valence-electron chi connectivity index (χ2n) is 3.99. The zero-order valence-electron chi connectivity index (χ0n) is 9.92. The topological polar surface area (TPSA) is 79.5 Å². The van der Waals surface area contributed by atoms with Crippen molar-refractivity contribution in [3.05, 3.63) is 56.4 Å². The van der Waals surface area contributed by atoms with Crippen LogP contribution in [0, 0.1) is 6.92 Å². The van der Waals surface area contributed by atoms with Crippen molar-refractivity contribution in [2.75, 3.05) is 0 Å². The molecule has 0 radical (unpaired) electrons. The highest BCUT2D eigenvalue weighted by atomic mass is 79.9. The van der Waals surface area contributed by atoms with Gasteiger partial charge in [0.25, 0.3) is 5.56 Å². The molecular weight excluding hydrogens is 314 g/mol. The molecule has 0 spiro atoms. The van der Waals surface area contributed by atoms with E-state index in [0.29, 0.717) is 10.2 Å². The highest BCUT2D eigenvalue weighted by Crippen LogP contribution is 2.25. The molecule has 1 aromatic carbocycles. The molecule has 19 heavy (non-hydrogen) atoms. The van der Waals surface area contributed by atoms with Gasteiger partial charge in [-0.15, -0.1) is 0 Å². The lowest BCUT2D eigenvalue weighted by Gasteiger charge is -2.13. The summed E-state index contributed by atoms with van der Waals surface area (Å²) >= 11 is 3.34. The molecule has 0 aliphatic rings. The van der Waals surface area contributed by atoms with Gasteiger partial charge in [-0.05, 0) is 34.5 Å². The number of aromatic hydroxyl groups is 1. The summed E-state index contributed by atoms with van der Waals surface area (Å²) in [5.41, 5.74) is 0.385. The maximum atomic E-state index is 11.9. The normalized spacial score (nSPS) is 10.4. The smallest absolute Gasteiger partial charge is 0.353 e. The van der Waals surface area contributed by atoms with Gasteiger partial charge in [0, 0.05) is 16.6 Å². The van der Waals surface area contributed by atoms with Gasteiger partial charge in [-0.1, -0.05) is 12.1 Å². The van der Waals surface area contributed by atoms with E-state index in [9.17, 15) is 14.7 Å². The Morgan fingerprint density at radius 1 is 1.32 bits per heavy atom. The molecule has 0 saturated heterocycles. The molecule has 0 aliphatic carbocycles. The van der Waals surface area contributed by atoms with Crippen LogP contribution in [0.3, 0.4) is 0 Å². The SMILES string of the molecule is Cc1cccc(-n2c(C(=O)O)cc(O)cc2=O)c1Br. The third-order valence-corrected chi connectivity index (χ3v) is 3.68. The number of carboxylic acid groups (broad SMARTS) is 1. The van der Waals surface area contributed by atoms with Crippen LogP contribution < -0.4 is 5.56 Å². The van der Waals surface area contributed by atoms with E-state index in [0.717, 1.165) is 22.3 Å². The van der Waals surface area contributed by atoms with Gasteiger partial charge in [0.1, 0.15) is 11.4 Å². The number of pyridine rings is 1. The van der Waals surface area contributed by atoms with Gasteiger partial charge in [0.2, 0.25) is 0 Å². The molecular formula is C13H10BrNO4. The average molecular weight is 324 g/mol. The summed E-state index contributed by atoms with van der Waals surface area (Å²) < 4.78 is 1.67. The first-order chi connectivity index (χ1) is 8.91. The number of aromatic carboxylic acids is 1. The summed E-state index contributed by atoms with van der Waals surface area (Å²) in [5.74, 6) is -1.66. The van der Waals surface area contributed by atoms with Crippen molar-refractivity contribution < 1.29 is 15.0 Å². The molecule has 0 saturated carbocycles. The van der Waals surface area contributed by atoms with Crippen molar-refractivity contribution in [2.24, 2.45) is 0 Å². The Bertz CT molecular complexity index is 721. The van der Waals surface area contributed by atoms with Gasteiger partial charge in [-0.25, -0.2) is 4.79 Å². The van der Waals surface area contributed by atoms with E-state index in [-0.39, 0.29) is 11.4 Å². The summed E-state index contributed by atoms with van der Waals surface area (Å²) in [6.45, 7) is 1.83. The van der Waals surface area contributed by atoms with Crippen LogP contribution in [0.15, 0.2) is 39.6 Å². The maximum Gasteiger partial charge on any atom is 0.353 e. The number of hydrogen-bond acceptors (Lipinski definition) is 3. The lowest BCUT2D eigenvalue weighted by Crippen LogP contribution is -2.24. The Kier molecular flexibility index (Phi) is 3.44. The molecule has 6 heteroatoms. The molecule has 0 unspecified atom stereocenters. The molecule has 1 aromatic heterocycles. The second kappa shape index (κ2) is 4.89. The Hall–Kier alpha value is -2.08. The number of carbonyl (C=O) groups is 1. The van der Waals surface area contributed by atoms with Crippen LogP contribution in [-0.2, 0) is 0 Å². The first-order valence-corrected chi connectivity index (χ1v) is 6.16. The Balaban J connectivity index is 2.86. The van der Waals surface area contributed by atoms with Crippen molar-refractivity contribution in [1.82, 2.24) is 4.57 Å². The van der Waals surface area contributed by atoms with E-state index in [1.807, 2.05) is 13.0 Å². The Labute approximate surface area is 116 Å². The van der Waals surface area contributed by atoms with Crippen molar-refractivity contribution in [3.8, 4) is 11.4 Å². The van der Waals surface area contributed by atoms with Crippen molar-refractivity contribution in [1.29, 1.82) is 0 Å². The molecule has 0 atom stereocenters. The van der Waals surface area contributed by atoms with Gasteiger partial charge in [-0.2, -0.15) is 0 Å². The van der Waals surface area contributed by atoms with Crippen LogP contribution in [0.2, 0.25) is 0 Å². The fraction of sp³-hybridized carbons (Fsp3) is 0.0769.